The number of nitrogens with one attached hydrogen (secondary N) is 1. The Balaban J connectivity index is 1.69. The lowest BCUT2D eigenvalue weighted by molar-refractivity contribution is -0.120. The van der Waals surface area contributed by atoms with E-state index < -0.39 is 6.10 Å². The van der Waals surface area contributed by atoms with E-state index in [1.807, 2.05) is 30.3 Å². The Morgan fingerprint density at radius 3 is 2.75 bits per heavy atom. The number of hydrogen-bond acceptors (Lipinski definition) is 2. The van der Waals surface area contributed by atoms with E-state index in [0.717, 1.165) is 18.4 Å². The van der Waals surface area contributed by atoms with Crippen LogP contribution in [0.1, 0.15) is 37.7 Å². The molecule has 1 unspecified atom stereocenters. The Morgan fingerprint density at radius 2 is 2.05 bits per heavy atom. The Labute approximate surface area is 120 Å². The molecule has 0 saturated carbocycles. The van der Waals surface area contributed by atoms with Crippen LogP contribution < -0.4 is 5.32 Å². The Bertz CT molecular complexity index is 453. The smallest absolute Gasteiger partial charge is 0.224 e. The average Bonchev–Trinajstić information content (AvgIpc) is 2.47. The van der Waals surface area contributed by atoms with Crippen molar-refractivity contribution in [3.05, 3.63) is 47.5 Å². The van der Waals surface area contributed by atoms with Crippen LogP contribution in [-0.2, 0) is 11.2 Å². The zero-order chi connectivity index (χ0) is 14.2. The van der Waals surface area contributed by atoms with Crippen molar-refractivity contribution in [2.45, 2.75) is 44.6 Å². The summed E-state index contributed by atoms with van der Waals surface area (Å²) < 4.78 is 0. The maximum absolute atomic E-state index is 11.8. The van der Waals surface area contributed by atoms with Gasteiger partial charge in [0, 0.05) is 19.4 Å². The van der Waals surface area contributed by atoms with Crippen LogP contribution in [0.3, 0.4) is 0 Å². The highest BCUT2D eigenvalue weighted by Gasteiger charge is 2.11. The number of aliphatic hydroxyl groups excluding tert-OH is 1. The van der Waals surface area contributed by atoms with Gasteiger partial charge in [0.05, 0.1) is 6.10 Å². The van der Waals surface area contributed by atoms with Gasteiger partial charge in [0.1, 0.15) is 0 Å². The third-order valence-electron chi connectivity index (χ3n) is 3.62. The number of aliphatic hydroxyl groups is 1. The van der Waals surface area contributed by atoms with Crippen molar-refractivity contribution in [1.29, 1.82) is 0 Å². The second-order valence-electron chi connectivity index (χ2n) is 5.43. The molecule has 3 heteroatoms. The molecule has 0 aliphatic heterocycles. The van der Waals surface area contributed by atoms with Gasteiger partial charge in [0.2, 0.25) is 5.91 Å². The van der Waals surface area contributed by atoms with Gasteiger partial charge >= 0.3 is 0 Å². The van der Waals surface area contributed by atoms with E-state index in [1.54, 1.807) is 0 Å². The molecule has 2 rings (SSSR count). The fourth-order valence-corrected chi connectivity index (χ4v) is 2.52. The summed E-state index contributed by atoms with van der Waals surface area (Å²) in [5.41, 5.74) is 2.33. The number of carbonyl (C=O) groups excluding carboxylic acids is 1. The first-order valence-electron chi connectivity index (χ1n) is 7.40. The molecule has 1 aromatic rings. The van der Waals surface area contributed by atoms with Crippen molar-refractivity contribution in [3.63, 3.8) is 0 Å². The van der Waals surface area contributed by atoms with E-state index in [2.05, 4.69) is 11.4 Å². The molecule has 2 N–H and O–H groups in total. The first-order chi connectivity index (χ1) is 9.74. The molecular weight excluding hydrogens is 250 g/mol. The second kappa shape index (κ2) is 7.85. The largest absolute Gasteiger partial charge is 0.391 e. The van der Waals surface area contributed by atoms with Gasteiger partial charge in [0.15, 0.2) is 0 Å². The molecule has 0 aromatic heterocycles. The quantitative estimate of drug-likeness (QED) is 0.783. The van der Waals surface area contributed by atoms with Crippen LogP contribution in [0.5, 0.6) is 0 Å². The van der Waals surface area contributed by atoms with E-state index >= 15 is 0 Å². The highest BCUT2D eigenvalue weighted by molar-refractivity contribution is 5.78. The van der Waals surface area contributed by atoms with Crippen molar-refractivity contribution in [3.8, 4) is 0 Å². The molecule has 0 bridgehead atoms. The topological polar surface area (TPSA) is 49.3 Å². The zero-order valence-corrected chi connectivity index (χ0v) is 11.8. The van der Waals surface area contributed by atoms with E-state index in [9.17, 15) is 9.90 Å². The number of carbonyl (C=O) groups is 1. The van der Waals surface area contributed by atoms with Crippen LogP contribution in [0.2, 0.25) is 0 Å². The lowest BCUT2D eigenvalue weighted by atomic mass is 9.97. The third-order valence-corrected chi connectivity index (χ3v) is 3.62. The molecule has 0 saturated heterocycles. The maximum Gasteiger partial charge on any atom is 0.224 e. The first-order valence-corrected chi connectivity index (χ1v) is 7.40. The molecule has 20 heavy (non-hydrogen) atoms. The summed E-state index contributed by atoms with van der Waals surface area (Å²) in [6.45, 7) is 0.320. The maximum atomic E-state index is 11.8. The molecule has 1 aliphatic carbocycles. The van der Waals surface area contributed by atoms with Gasteiger partial charge < -0.3 is 10.4 Å². The average molecular weight is 273 g/mol. The van der Waals surface area contributed by atoms with Crippen molar-refractivity contribution < 1.29 is 9.90 Å². The molecule has 0 spiro atoms. The standard InChI is InChI=1S/C17H23NO2/c19-16(11-14-7-3-1-4-8-14)13-18-17(20)12-15-9-5-2-6-10-15/h1,3-4,7-9,16,19H,2,5-6,10-13H2,(H,18,20). The Kier molecular flexibility index (Phi) is 5.81. The van der Waals surface area contributed by atoms with Crippen molar-refractivity contribution in [1.82, 2.24) is 5.32 Å². The van der Waals surface area contributed by atoms with E-state index in [-0.39, 0.29) is 5.91 Å². The van der Waals surface area contributed by atoms with Crippen LogP contribution in [-0.4, -0.2) is 23.7 Å². The molecular formula is C17H23NO2. The Hall–Kier alpha value is -1.61. The lowest BCUT2D eigenvalue weighted by Crippen LogP contribution is -2.33. The molecule has 1 amide bonds. The normalized spacial score (nSPS) is 16.4. The van der Waals surface area contributed by atoms with Crippen molar-refractivity contribution in [2.75, 3.05) is 6.54 Å². The van der Waals surface area contributed by atoms with Crippen molar-refractivity contribution in [2.24, 2.45) is 0 Å². The van der Waals surface area contributed by atoms with E-state index in [1.165, 1.54) is 18.4 Å². The summed E-state index contributed by atoms with van der Waals surface area (Å²) in [6, 6.07) is 9.83. The van der Waals surface area contributed by atoms with Gasteiger partial charge in [-0.25, -0.2) is 0 Å². The summed E-state index contributed by atoms with van der Waals surface area (Å²) in [5.74, 6) is 0.0188. The summed E-state index contributed by atoms with van der Waals surface area (Å²) in [6.07, 6.45) is 7.28. The monoisotopic (exact) mass is 273 g/mol. The molecule has 1 atom stereocenters. The van der Waals surface area contributed by atoms with Gasteiger partial charge in [0.25, 0.3) is 0 Å². The molecule has 0 fully saturated rings. The summed E-state index contributed by atoms with van der Waals surface area (Å²) in [7, 11) is 0. The van der Waals surface area contributed by atoms with Crippen LogP contribution in [0.25, 0.3) is 0 Å². The molecule has 1 aliphatic rings. The number of amides is 1. The lowest BCUT2D eigenvalue weighted by Gasteiger charge is -2.14. The summed E-state index contributed by atoms with van der Waals surface area (Å²) in [5, 5.41) is 12.7. The SMILES string of the molecule is O=C(CC1=CCCCC1)NCC(O)Cc1ccccc1. The van der Waals surface area contributed by atoms with Crippen LogP contribution in [0.4, 0.5) is 0 Å². The van der Waals surface area contributed by atoms with Crippen LogP contribution >= 0.6 is 0 Å². The minimum atomic E-state index is -0.526. The van der Waals surface area contributed by atoms with E-state index in [4.69, 9.17) is 0 Å². The minimum absolute atomic E-state index is 0.0188. The third kappa shape index (κ3) is 5.17. The van der Waals surface area contributed by atoms with Gasteiger partial charge in [-0.1, -0.05) is 42.0 Å². The number of hydrogen-bond donors (Lipinski definition) is 2. The van der Waals surface area contributed by atoms with Gasteiger partial charge in [-0.15, -0.1) is 0 Å². The predicted molar refractivity (Wildman–Crippen MR) is 80.3 cm³/mol. The molecule has 108 valence electrons. The molecule has 1 aromatic carbocycles. The fraction of sp³-hybridized carbons (Fsp3) is 0.471. The zero-order valence-electron chi connectivity index (χ0n) is 11.8. The van der Waals surface area contributed by atoms with Gasteiger partial charge in [-0.05, 0) is 31.2 Å². The summed E-state index contributed by atoms with van der Waals surface area (Å²) in [4.78, 5) is 11.8. The highest BCUT2D eigenvalue weighted by atomic mass is 16.3. The van der Waals surface area contributed by atoms with Gasteiger partial charge in [-0.3, -0.25) is 4.79 Å². The highest BCUT2D eigenvalue weighted by Crippen LogP contribution is 2.19. The van der Waals surface area contributed by atoms with Gasteiger partial charge in [-0.2, -0.15) is 0 Å². The van der Waals surface area contributed by atoms with Crippen LogP contribution in [0.15, 0.2) is 42.0 Å². The summed E-state index contributed by atoms with van der Waals surface area (Å²) >= 11 is 0. The predicted octanol–water partition coefficient (Wildman–Crippen LogP) is 2.60. The molecule has 0 heterocycles. The minimum Gasteiger partial charge on any atom is -0.391 e. The van der Waals surface area contributed by atoms with Crippen molar-refractivity contribution >= 4 is 5.91 Å². The Morgan fingerprint density at radius 1 is 1.25 bits per heavy atom. The molecule has 3 nitrogen and oxygen atoms in total. The van der Waals surface area contributed by atoms with Crippen LogP contribution in [0, 0.1) is 0 Å². The number of allylic oxidation sites excluding steroid dienone is 1. The van der Waals surface area contributed by atoms with E-state index in [0.29, 0.717) is 19.4 Å². The number of rotatable bonds is 6. The molecule has 0 radical (unpaired) electrons. The fourth-order valence-electron chi connectivity index (χ4n) is 2.52. The number of benzene rings is 1. The first kappa shape index (κ1) is 14.8. The second-order valence-corrected chi connectivity index (χ2v) is 5.43.